The number of hydrogen-bond acceptors (Lipinski definition) is 6. The van der Waals surface area contributed by atoms with Crippen molar-refractivity contribution in [1.29, 1.82) is 0 Å². The first-order valence-electron chi connectivity index (χ1n) is 8.53. The maximum atomic E-state index is 12.1. The summed E-state index contributed by atoms with van der Waals surface area (Å²) in [5, 5.41) is 14.9. The molecule has 9 heteroatoms. The highest BCUT2D eigenvalue weighted by molar-refractivity contribution is 14.1. The Bertz CT molecular complexity index is 969. The topological polar surface area (TPSA) is 103 Å². The first-order chi connectivity index (χ1) is 14.0. The Kier molecular flexibility index (Phi) is 8.42. The second kappa shape index (κ2) is 11.0. The molecule has 2 aromatic rings. The predicted octanol–water partition coefficient (Wildman–Crippen LogP) is 3.30. The number of benzene rings is 2. The van der Waals surface area contributed by atoms with Crippen molar-refractivity contribution in [2.75, 3.05) is 13.2 Å². The average molecular weight is 507 g/mol. The zero-order valence-corrected chi connectivity index (χ0v) is 17.7. The van der Waals surface area contributed by atoms with Crippen LogP contribution in [0, 0.1) is 26.0 Å². The summed E-state index contributed by atoms with van der Waals surface area (Å²) in [6.07, 6.45) is 6.53. The number of terminal acetylenes is 1. The van der Waals surface area contributed by atoms with E-state index in [2.05, 4.69) is 39.0 Å². The number of carbonyl (C=O) groups excluding carboxylic acids is 1. The zero-order valence-electron chi connectivity index (χ0n) is 15.6. The summed E-state index contributed by atoms with van der Waals surface area (Å²) in [6.45, 7) is 2.41. The van der Waals surface area contributed by atoms with Gasteiger partial charge in [-0.15, -0.1) is 6.42 Å². The fourth-order valence-electron chi connectivity index (χ4n) is 2.41. The first kappa shape index (κ1) is 22.2. The van der Waals surface area contributed by atoms with Crippen molar-refractivity contribution in [3.05, 3.63) is 61.2 Å². The lowest BCUT2D eigenvalue weighted by atomic mass is 10.1. The van der Waals surface area contributed by atoms with Crippen LogP contribution in [-0.4, -0.2) is 30.3 Å². The lowest BCUT2D eigenvalue weighted by Gasteiger charge is -2.13. The number of hydrogen-bond donors (Lipinski definition) is 1. The molecule has 0 saturated heterocycles. The number of carbonyl (C=O) groups is 1. The summed E-state index contributed by atoms with van der Waals surface area (Å²) in [4.78, 5) is 22.6. The van der Waals surface area contributed by atoms with Crippen LogP contribution < -0.4 is 14.9 Å². The van der Waals surface area contributed by atoms with Crippen molar-refractivity contribution in [1.82, 2.24) is 5.43 Å². The van der Waals surface area contributed by atoms with Crippen LogP contribution in [0.25, 0.3) is 0 Å². The highest BCUT2D eigenvalue weighted by Crippen LogP contribution is 2.33. The van der Waals surface area contributed by atoms with E-state index in [-0.39, 0.29) is 18.7 Å². The third kappa shape index (κ3) is 6.46. The number of para-hydroxylation sites is 1. The highest BCUT2D eigenvalue weighted by Gasteiger charge is 2.15. The summed E-state index contributed by atoms with van der Waals surface area (Å²) in [5.41, 5.74) is 3.26. The van der Waals surface area contributed by atoms with E-state index in [1.807, 2.05) is 6.92 Å². The predicted molar refractivity (Wildman–Crippen MR) is 117 cm³/mol. The monoisotopic (exact) mass is 507 g/mol. The van der Waals surface area contributed by atoms with E-state index in [1.54, 1.807) is 24.3 Å². The number of amides is 1. The molecule has 1 amide bonds. The van der Waals surface area contributed by atoms with Gasteiger partial charge in [-0.05, 0) is 47.2 Å². The van der Waals surface area contributed by atoms with Gasteiger partial charge in [0.05, 0.1) is 27.7 Å². The number of rotatable bonds is 9. The van der Waals surface area contributed by atoms with Gasteiger partial charge in [0.25, 0.3) is 5.69 Å². The molecule has 0 radical (unpaired) electrons. The van der Waals surface area contributed by atoms with E-state index in [0.717, 1.165) is 3.57 Å². The summed E-state index contributed by atoms with van der Waals surface area (Å²) < 4.78 is 11.9. The molecule has 0 atom stereocenters. The summed E-state index contributed by atoms with van der Waals surface area (Å²) >= 11 is 2.09. The third-order valence-electron chi connectivity index (χ3n) is 3.57. The summed E-state index contributed by atoms with van der Waals surface area (Å²) in [5.74, 6) is 3.00. The van der Waals surface area contributed by atoms with E-state index >= 15 is 0 Å². The van der Waals surface area contributed by atoms with Gasteiger partial charge in [-0.2, -0.15) is 5.10 Å². The first-order valence-corrected chi connectivity index (χ1v) is 9.61. The summed E-state index contributed by atoms with van der Waals surface area (Å²) in [6, 6.07) is 9.59. The Morgan fingerprint density at radius 2 is 2.14 bits per heavy atom. The maximum absolute atomic E-state index is 12.1. The van der Waals surface area contributed by atoms with Gasteiger partial charge in [-0.25, -0.2) is 5.43 Å². The van der Waals surface area contributed by atoms with Crippen LogP contribution in [0.15, 0.2) is 41.5 Å². The maximum Gasteiger partial charge on any atom is 0.273 e. The van der Waals surface area contributed by atoms with Crippen LogP contribution in [0.4, 0.5) is 5.69 Å². The molecule has 0 bridgehead atoms. The van der Waals surface area contributed by atoms with Crippen LogP contribution in [0.3, 0.4) is 0 Å². The highest BCUT2D eigenvalue weighted by atomic mass is 127. The Labute approximate surface area is 181 Å². The minimum absolute atomic E-state index is 0.106. The van der Waals surface area contributed by atoms with Gasteiger partial charge in [-0.3, -0.25) is 14.9 Å². The normalized spacial score (nSPS) is 10.4. The Balaban J connectivity index is 2.09. The number of hydrazone groups is 1. The molecular formula is C20H18IN3O5. The molecule has 150 valence electrons. The molecule has 8 nitrogen and oxygen atoms in total. The molecule has 0 aliphatic rings. The molecule has 0 heterocycles. The molecule has 0 aliphatic heterocycles. The number of ether oxygens (including phenoxy) is 2. The van der Waals surface area contributed by atoms with Gasteiger partial charge < -0.3 is 9.47 Å². The van der Waals surface area contributed by atoms with Gasteiger partial charge in [-0.1, -0.05) is 24.1 Å². The number of nitrogens with one attached hydrogen (secondary N) is 1. The number of nitro benzene ring substituents is 1. The van der Waals surface area contributed by atoms with Gasteiger partial charge in [0.1, 0.15) is 6.61 Å². The van der Waals surface area contributed by atoms with Crippen molar-refractivity contribution in [2.24, 2.45) is 5.10 Å². The van der Waals surface area contributed by atoms with Crippen molar-refractivity contribution in [3.8, 4) is 23.8 Å². The lowest BCUT2D eigenvalue weighted by molar-refractivity contribution is -0.385. The molecule has 2 aromatic carbocycles. The van der Waals surface area contributed by atoms with Crippen LogP contribution >= 0.6 is 22.6 Å². The van der Waals surface area contributed by atoms with Crippen molar-refractivity contribution in [2.45, 2.75) is 13.3 Å². The summed E-state index contributed by atoms with van der Waals surface area (Å²) in [7, 11) is 0. The van der Waals surface area contributed by atoms with Gasteiger partial charge in [0.15, 0.2) is 11.5 Å². The zero-order chi connectivity index (χ0) is 21.2. The average Bonchev–Trinajstić information content (AvgIpc) is 2.68. The van der Waals surface area contributed by atoms with Gasteiger partial charge in [0, 0.05) is 11.6 Å². The fraction of sp³-hybridized carbons (Fsp3) is 0.200. The molecule has 0 aromatic heterocycles. The van der Waals surface area contributed by atoms with Crippen molar-refractivity contribution < 1.29 is 19.2 Å². The molecule has 0 unspecified atom stereocenters. The molecule has 1 N–H and O–H groups in total. The largest absolute Gasteiger partial charge is 0.490 e. The molecule has 29 heavy (non-hydrogen) atoms. The van der Waals surface area contributed by atoms with Crippen LogP contribution in [0.5, 0.6) is 11.5 Å². The van der Waals surface area contributed by atoms with Gasteiger partial charge >= 0.3 is 0 Å². The Hall–Kier alpha value is -3.13. The van der Waals surface area contributed by atoms with Crippen LogP contribution in [-0.2, 0) is 11.2 Å². The molecule has 0 aliphatic carbocycles. The van der Waals surface area contributed by atoms with E-state index in [9.17, 15) is 14.9 Å². The number of nitrogens with zero attached hydrogens (tertiary/aromatic N) is 2. The molecule has 2 rings (SSSR count). The van der Waals surface area contributed by atoms with E-state index in [4.69, 9.17) is 15.9 Å². The lowest BCUT2D eigenvalue weighted by Crippen LogP contribution is -2.20. The fourth-order valence-corrected chi connectivity index (χ4v) is 3.19. The molecule has 0 fully saturated rings. The quantitative estimate of drug-likeness (QED) is 0.185. The third-order valence-corrected chi connectivity index (χ3v) is 4.38. The van der Waals surface area contributed by atoms with Gasteiger partial charge in [0.2, 0.25) is 5.91 Å². The van der Waals surface area contributed by atoms with Crippen molar-refractivity contribution >= 4 is 40.4 Å². The van der Waals surface area contributed by atoms with Crippen molar-refractivity contribution in [3.63, 3.8) is 0 Å². The SMILES string of the molecule is C#CCOc1c(I)cc(/C=N/NC(=O)Cc2ccccc2[N+](=O)[O-])cc1OCC. The van der Waals surface area contributed by atoms with E-state index in [0.29, 0.717) is 29.2 Å². The standard InChI is InChI=1S/C20H18IN3O5/c1-3-9-29-20-16(21)10-14(11-18(20)28-4-2)13-22-23-19(25)12-15-7-5-6-8-17(15)24(26)27/h1,5-8,10-11,13H,4,9,12H2,2H3,(H,23,25)/b22-13+. The second-order valence-corrected chi connectivity index (χ2v) is 6.77. The molecule has 0 saturated carbocycles. The second-order valence-electron chi connectivity index (χ2n) is 5.61. The van der Waals surface area contributed by atoms with E-state index < -0.39 is 10.8 Å². The minimum atomic E-state index is -0.521. The molecular weight excluding hydrogens is 489 g/mol. The van der Waals surface area contributed by atoms with Crippen LogP contribution in [0.2, 0.25) is 0 Å². The Morgan fingerprint density at radius 3 is 2.83 bits per heavy atom. The van der Waals surface area contributed by atoms with E-state index in [1.165, 1.54) is 18.3 Å². The number of nitro groups is 1. The Morgan fingerprint density at radius 1 is 1.38 bits per heavy atom. The number of halogens is 1. The smallest absolute Gasteiger partial charge is 0.273 e. The molecule has 0 spiro atoms. The van der Waals surface area contributed by atoms with Crippen LogP contribution in [0.1, 0.15) is 18.1 Å². The minimum Gasteiger partial charge on any atom is -0.490 e.